The van der Waals surface area contributed by atoms with E-state index in [1.807, 2.05) is 0 Å². The molecule has 1 fully saturated rings. The molecule has 2 atom stereocenters. The van der Waals surface area contributed by atoms with Crippen molar-refractivity contribution in [3.63, 3.8) is 0 Å². The van der Waals surface area contributed by atoms with Gasteiger partial charge in [0.05, 0.1) is 22.5 Å². The Hall–Kier alpha value is -2.65. The van der Waals surface area contributed by atoms with Crippen molar-refractivity contribution in [2.45, 2.75) is 29.6 Å². The average Bonchev–Trinajstić information content (AvgIpc) is 2.94. The second kappa shape index (κ2) is 6.95. The van der Waals surface area contributed by atoms with E-state index < -0.39 is 33.8 Å². The molecule has 158 valence electrons. The molecule has 9 heteroatoms. The van der Waals surface area contributed by atoms with Crippen molar-refractivity contribution in [3.05, 3.63) is 77.0 Å². The molecule has 1 saturated heterocycles. The summed E-state index contributed by atoms with van der Waals surface area (Å²) in [6.45, 7) is 0. The van der Waals surface area contributed by atoms with Gasteiger partial charge in [0.1, 0.15) is 0 Å². The Kier molecular flexibility index (Phi) is 4.78. The molecule has 0 spiro atoms. The fourth-order valence-electron chi connectivity index (χ4n) is 4.13. The number of benzene rings is 2. The number of hydrogen-bond donors (Lipinski definition) is 0. The smallest absolute Gasteiger partial charge is 0.383 e. The molecular weight excluding hydrogens is 417 g/mol. The highest BCUT2D eigenvalue weighted by Crippen LogP contribution is 2.54. The fourth-order valence-corrected chi connectivity index (χ4v) is 5.88. The number of Topliss-reactive ketones (excluding diaryl/α,β-unsaturated/α-hetero) is 1. The van der Waals surface area contributed by atoms with Crippen LogP contribution in [0.2, 0.25) is 0 Å². The summed E-state index contributed by atoms with van der Waals surface area (Å²) >= 11 is 0. The van der Waals surface area contributed by atoms with Crippen molar-refractivity contribution in [2.24, 2.45) is 0 Å². The van der Waals surface area contributed by atoms with Crippen LogP contribution in [0, 0.1) is 0 Å². The van der Waals surface area contributed by atoms with Gasteiger partial charge >= 0.3 is 6.18 Å². The standard InChI is InChI=1S/C21H19F3N2O3S/c1-25(2)12-17-19(27)11-18-15-5-3-4-6-16(15)20(17)26(18)30(28,29)14-9-7-13(8-10-14)21(22,23)24/h3-10,12,18,20H,11H2,1-2H3/b17-12-. The van der Waals surface area contributed by atoms with Crippen molar-refractivity contribution >= 4 is 15.8 Å². The van der Waals surface area contributed by atoms with E-state index in [-0.39, 0.29) is 17.1 Å². The first-order valence-electron chi connectivity index (χ1n) is 9.23. The number of nitrogens with zero attached hydrogens (tertiary/aromatic N) is 2. The predicted octanol–water partition coefficient (Wildman–Crippen LogP) is 3.91. The maximum Gasteiger partial charge on any atom is 0.416 e. The van der Waals surface area contributed by atoms with E-state index in [0.717, 1.165) is 35.4 Å². The summed E-state index contributed by atoms with van der Waals surface area (Å²) in [5, 5.41) is 0. The molecule has 0 N–H and O–H groups in total. The molecule has 0 aromatic heterocycles. The summed E-state index contributed by atoms with van der Waals surface area (Å²) in [5.74, 6) is -0.145. The van der Waals surface area contributed by atoms with Gasteiger partial charge in [-0.15, -0.1) is 0 Å². The van der Waals surface area contributed by atoms with Crippen molar-refractivity contribution in [3.8, 4) is 0 Å². The van der Waals surface area contributed by atoms with E-state index in [4.69, 9.17) is 0 Å². The molecule has 30 heavy (non-hydrogen) atoms. The van der Waals surface area contributed by atoms with Crippen LogP contribution in [-0.4, -0.2) is 37.5 Å². The summed E-state index contributed by atoms with van der Waals surface area (Å²) in [6.07, 6.45) is -2.97. The van der Waals surface area contributed by atoms with Gasteiger partial charge in [-0.3, -0.25) is 4.79 Å². The lowest BCUT2D eigenvalue weighted by Gasteiger charge is -2.35. The van der Waals surface area contributed by atoms with Crippen LogP contribution in [0.25, 0.3) is 0 Å². The number of ketones is 1. The molecular formula is C21H19F3N2O3S. The summed E-state index contributed by atoms with van der Waals surface area (Å²) < 4.78 is 66.9. The number of fused-ring (bicyclic) bond motifs is 5. The number of piperidine rings is 1. The number of halogens is 3. The molecule has 2 bridgehead atoms. The Labute approximate surface area is 172 Å². The summed E-state index contributed by atoms with van der Waals surface area (Å²) in [6, 6.07) is 9.08. The average molecular weight is 436 g/mol. The summed E-state index contributed by atoms with van der Waals surface area (Å²) in [5.41, 5.74) is 0.886. The maximum atomic E-state index is 13.5. The highest BCUT2D eigenvalue weighted by Gasteiger charge is 2.52. The number of alkyl halides is 3. The lowest BCUT2D eigenvalue weighted by molar-refractivity contribution is -0.137. The Balaban J connectivity index is 1.85. The van der Waals surface area contributed by atoms with Crippen LogP contribution < -0.4 is 0 Å². The lowest BCUT2D eigenvalue weighted by atomic mass is 9.96. The Morgan fingerprint density at radius 2 is 1.63 bits per heavy atom. The molecule has 2 aliphatic rings. The number of sulfonamides is 1. The SMILES string of the molecule is CN(C)/C=C1/C(=O)CC2c3ccccc3C1N2S(=O)(=O)c1ccc(C(F)(F)F)cc1. The van der Waals surface area contributed by atoms with Crippen molar-refractivity contribution in [1.82, 2.24) is 9.21 Å². The van der Waals surface area contributed by atoms with E-state index in [9.17, 15) is 26.4 Å². The van der Waals surface area contributed by atoms with E-state index >= 15 is 0 Å². The molecule has 4 rings (SSSR count). The minimum atomic E-state index is -4.56. The number of rotatable bonds is 3. The Morgan fingerprint density at radius 3 is 2.20 bits per heavy atom. The zero-order valence-electron chi connectivity index (χ0n) is 16.2. The minimum absolute atomic E-state index is 0.0208. The third kappa shape index (κ3) is 3.22. The first-order chi connectivity index (χ1) is 14.0. The van der Waals surface area contributed by atoms with Gasteiger partial charge in [-0.25, -0.2) is 8.42 Å². The van der Waals surface area contributed by atoms with Crippen LogP contribution in [0.3, 0.4) is 0 Å². The van der Waals surface area contributed by atoms with Crippen LogP contribution >= 0.6 is 0 Å². The van der Waals surface area contributed by atoms with Crippen LogP contribution in [0.1, 0.15) is 35.2 Å². The van der Waals surface area contributed by atoms with Crippen LogP contribution in [0.15, 0.2) is 65.2 Å². The van der Waals surface area contributed by atoms with Gasteiger partial charge in [0.15, 0.2) is 5.78 Å². The minimum Gasteiger partial charge on any atom is -0.383 e. The first kappa shape index (κ1) is 20.6. The molecule has 0 saturated carbocycles. The molecule has 2 aromatic rings. The summed E-state index contributed by atoms with van der Waals surface area (Å²) in [4.78, 5) is 14.2. The molecule has 2 heterocycles. The third-order valence-electron chi connectivity index (χ3n) is 5.36. The lowest BCUT2D eigenvalue weighted by Crippen LogP contribution is -2.40. The molecule has 0 aliphatic carbocycles. The predicted molar refractivity (Wildman–Crippen MR) is 104 cm³/mol. The molecule has 2 unspecified atom stereocenters. The van der Waals surface area contributed by atoms with Gasteiger partial charge in [0.25, 0.3) is 0 Å². The van der Waals surface area contributed by atoms with E-state index in [2.05, 4.69) is 0 Å². The quantitative estimate of drug-likeness (QED) is 0.685. The van der Waals surface area contributed by atoms with Crippen LogP contribution in [-0.2, 0) is 21.0 Å². The van der Waals surface area contributed by atoms with Gasteiger partial charge in [-0.05, 0) is 35.4 Å². The largest absolute Gasteiger partial charge is 0.416 e. The van der Waals surface area contributed by atoms with Gasteiger partial charge in [-0.1, -0.05) is 24.3 Å². The van der Waals surface area contributed by atoms with Crippen molar-refractivity contribution in [2.75, 3.05) is 14.1 Å². The zero-order chi connectivity index (χ0) is 21.8. The molecule has 2 aromatic carbocycles. The summed E-state index contributed by atoms with van der Waals surface area (Å²) in [7, 11) is -0.690. The highest BCUT2D eigenvalue weighted by atomic mass is 32.2. The monoisotopic (exact) mass is 436 g/mol. The molecule has 0 radical (unpaired) electrons. The topological polar surface area (TPSA) is 57.7 Å². The first-order valence-corrected chi connectivity index (χ1v) is 10.7. The van der Waals surface area contributed by atoms with E-state index in [0.29, 0.717) is 5.57 Å². The van der Waals surface area contributed by atoms with Crippen molar-refractivity contribution < 1.29 is 26.4 Å². The number of carbonyl (C=O) groups excluding carboxylic acids is 1. The normalized spacial score (nSPS) is 23.0. The van der Waals surface area contributed by atoms with Gasteiger partial charge in [-0.2, -0.15) is 17.5 Å². The second-order valence-electron chi connectivity index (χ2n) is 7.58. The molecule has 5 nitrogen and oxygen atoms in total. The second-order valence-corrected chi connectivity index (χ2v) is 9.42. The zero-order valence-corrected chi connectivity index (χ0v) is 17.0. The van der Waals surface area contributed by atoms with Gasteiger partial charge < -0.3 is 4.90 Å². The van der Waals surface area contributed by atoms with Gasteiger partial charge in [0.2, 0.25) is 10.0 Å². The third-order valence-corrected chi connectivity index (χ3v) is 7.25. The maximum absolute atomic E-state index is 13.5. The van der Waals surface area contributed by atoms with Gasteiger partial charge in [0, 0.05) is 32.3 Å². The Morgan fingerprint density at radius 1 is 1.03 bits per heavy atom. The number of carbonyl (C=O) groups is 1. The fraction of sp³-hybridized carbons (Fsp3) is 0.286. The molecule has 2 aliphatic heterocycles. The Bertz CT molecular complexity index is 1140. The number of hydrogen-bond acceptors (Lipinski definition) is 4. The van der Waals surface area contributed by atoms with E-state index in [1.165, 1.54) is 4.31 Å². The van der Waals surface area contributed by atoms with Crippen molar-refractivity contribution in [1.29, 1.82) is 0 Å². The van der Waals surface area contributed by atoms with Crippen LogP contribution in [0.4, 0.5) is 13.2 Å². The van der Waals surface area contributed by atoms with E-state index in [1.54, 1.807) is 49.5 Å². The van der Waals surface area contributed by atoms with Crippen LogP contribution in [0.5, 0.6) is 0 Å². The highest BCUT2D eigenvalue weighted by molar-refractivity contribution is 7.89. The molecule has 0 amide bonds.